The standard InChI is InChI=1S/C17H15NO3/c1-3-21-17(19)15-9-8-14(20-2)10-16(15)13-6-4-12(11-18)5-7-13/h4-10H,3H2,1-2H3. The molecule has 0 atom stereocenters. The van der Waals surface area contributed by atoms with Crippen LogP contribution in [-0.2, 0) is 4.74 Å². The summed E-state index contributed by atoms with van der Waals surface area (Å²) in [5, 5.41) is 8.85. The largest absolute Gasteiger partial charge is 0.497 e. The summed E-state index contributed by atoms with van der Waals surface area (Å²) in [5.74, 6) is 0.280. The highest BCUT2D eigenvalue weighted by molar-refractivity contribution is 5.97. The number of hydrogen-bond acceptors (Lipinski definition) is 4. The molecule has 4 nitrogen and oxygen atoms in total. The molecule has 2 aromatic rings. The Morgan fingerprint density at radius 1 is 1.19 bits per heavy atom. The molecule has 0 unspecified atom stereocenters. The molecule has 0 aliphatic heterocycles. The number of ether oxygens (including phenoxy) is 2. The molecule has 0 heterocycles. The van der Waals surface area contributed by atoms with Gasteiger partial charge in [0.15, 0.2) is 0 Å². The van der Waals surface area contributed by atoms with Gasteiger partial charge in [-0.05, 0) is 48.4 Å². The lowest BCUT2D eigenvalue weighted by atomic mass is 9.98. The van der Waals surface area contributed by atoms with Crippen molar-refractivity contribution in [3.05, 3.63) is 53.6 Å². The number of nitriles is 1. The number of carbonyl (C=O) groups is 1. The van der Waals surface area contributed by atoms with Crippen molar-refractivity contribution in [3.63, 3.8) is 0 Å². The summed E-state index contributed by atoms with van der Waals surface area (Å²) in [6.45, 7) is 2.08. The van der Waals surface area contributed by atoms with Crippen molar-refractivity contribution < 1.29 is 14.3 Å². The lowest BCUT2D eigenvalue weighted by molar-refractivity contribution is 0.0527. The molecule has 2 aromatic carbocycles. The predicted molar refractivity (Wildman–Crippen MR) is 79.1 cm³/mol. The van der Waals surface area contributed by atoms with Crippen molar-refractivity contribution in [1.29, 1.82) is 5.26 Å². The minimum atomic E-state index is -0.375. The van der Waals surface area contributed by atoms with Crippen LogP contribution in [0.25, 0.3) is 11.1 Å². The first-order valence-electron chi connectivity index (χ1n) is 6.55. The van der Waals surface area contributed by atoms with E-state index in [0.29, 0.717) is 23.5 Å². The van der Waals surface area contributed by atoms with Gasteiger partial charge in [-0.25, -0.2) is 4.79 Å². The summed E-state index contributed by atoms with van der Waals surface area (Å²) in [6.07, 6.45) is 0. The molecule has 0 aliphatic carbocycles. The van der Waals surface area contributed by atoms with E-state index in [-0.39, 0.29) is 5.97 Å². The molecule has 0 aromatic heterocycles. The van der Waals surface area contributed by atoms with Crippen LogP contribution in [0.2, 0.25) is 0 Å². The highest BCUT2D eigenvalue weighted by Crippen LogP contribution is 2.29. The molecule has 0 bridgehead atoms. The second-order valence-corrected chi connectivity index (χ2v) is 4.32. The van der Waals surface area contributed by atoms with E-state index in [2.05, 4.69) is 6.07 Å². The van der Waals surface area contributed by atoms with Gasteiger partial charge in [0, 0.05) is 0 Å². The van der Waals surface area contributed by atoms with Crippen molar-refractivity contribution in [2.24, 2.45) is 0 Å². The van der Waals surface area contributed by atoms with Crippen LogP contribution in [0, 0.1) is 11.3 Å². The van der Waals surface area contributed by atoms with E-state index in [4.69, 9.17) is 14.7 Å². The first-order chi connectivity index (χ1) is 10.2. The topological polar surface area (TPSA) is 59.3 Å². The second-order valence-electron chi connectivity index (χ2n) is 4.32. The molecule has 0 fully saturated rings. The highest BCUT2D eigenvalue weighted by Gasteiger charge is 2.15. The molecule has 0 saturated carbocycles. The maximum atomic E-state index is 12.0. The van der Waals surface area contributed by atoms with Crippen LogP contribution in [0.1, 0.15) is 22.8 Å². The third-order valence-electron chi connectivity index (χ3n) is 3.05. The number of methoxy groups -OCH3 is 1. The van der Waals surface area contributed by atoms with Crippen molar-refractivity contribution in [1.82, 2.24) is 0 Å². The zero-order valence-corrected chi connectivity index (χ0v) is 11.9. The molecule has 106 valence electrons. The van der Waals surface area contributed by atoms with Gasteiger partial charge >= 0.3 is 5.97 Å². The quantitative estimate of drug-likeness (QED) is 0.806. The smallest absolute Gasteiger partial charge is 0.338 e. The summed E-state index contributed by atoms with van der Waals surface area (Å²) < 4.78 is 10.3. The van der Waals surface area contributed by atoms with Crippen LogP contribution in [0.3, 0.4) is 0 Å². The molecular formula is C17H15NO3. The molecule has 2 rings (SSSR count). The Labute approximate surface area is 123 Å². The van der Waals surface area contributed by atoms with Crippen LogP contribution in [0.5, 0.6) is 5.75 Å². The molecule has 0 N–H and O–H groups in total. The molecule has 4 heteroatoms. The number of carbonyl (C=O) groups excluding carboxylic acids is 1. The number of hydrogen-bond donors (Lipinski definition) is 0. The Kier molecular flexibility index (Phi) is 4.57. The van der Waals surface area contributed by atoms with Gasteiger partial charge in [-0.2, -0.15) is 5.26 Å². The van der Waals surface area contributed by atoms with Crippen LogP contribution in [0.15, 0.2) is 42.5 Å². The van der Waals surface area contributed by atoms with Crippen molar-refractivity contribution in [2.75, 3.05) is 13.7 Å². The Balaban J connectivity index is 2.52. The average molecular weight is 281 g/mol. The van der Waals surface area contributed by atoms with E-state index < -0.39 is 0 Å². The van der Waals surface area contributed by atoms with E-state index in [9.17, 15) is 4.79 Å². The zero-order valence-electron chi connectivity index (χ0n) is 11.9. The van der Waals surface area contributed by atoms with Gasteiger partial charge in [0.1, 0.15) is 5.75 Å². The van der Waals surface area contributed by atoms with E-state index >= 15 is 0 Å². The fraction of sp³-hybridized carbons (Fsp3) is 0.176. The maximum absolute atomic E-state index is 12.0. The monoisotopic (exact) mass is 281 g/mol. The fourth-order valence-electron chi connectivity index (χ4n) is 2.00. The summed E-state index contributed by atoms with van der Waals surface area (Å²) in [6, 6.07) is 14.3. The number of rotatable bonds is 4. The van der Waals surface area contributed by atoms with Crippen LogP contribution >= 0.6 is 0 Å². The maximum Gasteiger partial charge on any atom is 0.338 e. The third-order valence-corrected chi connectivity index (χ3v) is 3.05. The third kappa shape index (κ3) is 3.21. The SMILES string of the molecule is CCOC(=O)c1ccc(OC)cc1-c1ccc(C#N)cc1. The molecular weight excluding hydrogens is 266 g/mol. The van der Waals surface area contributed by atoms with E-state index in [1.165, 1.54) is 0 Å². The normalized spacial score (nSPS) is 9.76. The Morgan fingerprint density at radius 3 is 2.48 bits per heavy atom. The van der Waals surface area contributed by atoms with Gasteiger partial charge in [-0.1, -0.05) is 12.1 Å². The van der Waals surface area contributed by atoms with Crippen LogP contribution in [0.4, 0.5) is 0 Å². The van der Waals surface area contributed by atoms with Crippen molar-refractivity contribution >= 4 is 5.97 Å². The van der Waals surface area contributed by atoms with E-state index in [0.717, 1.165) is 11.1 Å². The minimum absolute atomic E-state index is 0.317. The highest BCUT2D eigenvalue weighted by atomic mass is 16.5. The van der Waals surface area contributed by atoms with Gasteiger partial charge in [-0.15, -0.1) is 0 Å². The summed E-state index contributed by atoms with van der Waals surface area (Å²) in [7, 11) is 1.57. The molecule has 0 amide bonds. The van der Waals surface area contributed by atoms with Gasteiger partial charge in [0.25, 0.3) is 0 Å². The average Bonchev–Trinajstić information content (AvgIpc) is 2.54. The lowest BCUT2D eigenvalue weighted by Crippen LogP contribution is -2.06. The van der Waals surface area contributed by atoms with Gasteiger partial charge < -0.3 is 9.47 Å². The summed E-state index contributed by atoms with van der Waals surface area (Å²) in [4.78, 5) is 12.0. The fourth-order valence-corrected chi connectivity index (χ4v) is 2.00. The molecule has 0 aliphatic rings. The molecule has 21 heavy (non-hydrogen) atoms. The molecule has 0 spiro atoms. The van der Waals surface area contributed by atoms with Gasteiger partial charge in [-0.3, -0.25) is 0 Å². The number of benzene rings is 2. The Bertz CT molecular complexity index is 684. The second kappa shape index (κ2) is 6.58. The van der Waals surface area contributed by atoms with E-state index in [1.54, 1.807) is 56.5 Å². The van der Waals surface area contributed by atoms with Crippen LogP contribution in [-0.4, -0.2) is 19.7 Å². The Morgan fingerprint density at radius 2 is 1.90 bits per heavy atom. The summed E-state index contributed by atoms with van der Waals surface area (Å²) >= 11 is 0. The minimum Gasteiger partial charge on any atom is -0.497 e. The first kappa shape index (κ1) is 14.6. The predicted octanol–water partition coefficient (Wildman–Crippen LogP) is 3.41. The zero-order chi connectivity index (χ0) is 15.2. The summed E-state index contributed by atoms with van der Waals surface area (Å²) in [5.41, 5.74) is 2.59. The van der Waals surface area contributed by atoms with E-state index in [1.807, 2.05) is 0 Å². The molecule has 0 saturated heterocycles. The van der Waals surface area contributed by atoms with Gasteiger partial charge in [0.2, 0.25) is 0 Å². The number of esters is 1. The molecule has 0 radical (unpaired) electrons. The van der Waals surface area contributed by atoms with Crippen molar-refractivity contribution in [2.45, 2.75) is 6.92 Å². The van der Waals surface area contributed by atoms with Gasteiger partial charge in [0.05, 0.1) is 30.9 Å². The lowest BCUT2D eigenvalue weighted by Gasteiger charge is -2.11. The first-order valence-corrected chi connectivity index (χ1v) is 6.55. The number of nitrogens with zero attached hydrogens (tertiary/aromatic N) is 1. The van der Waals surface area contributed by atoms with Crippen molar-refractivity contribution in [3.8, 4) is 22.9 Å². The van der Waals surface area contributed by atoms with Crippen LogP contribution < -0.4 is 4.74 Å². The Hall–Kier alpha value is -2.80.